The van der Waals surface area contributed by atoms with E-state index in [0.717, 1.165) is 60.4 Å². The van der Waals surface area contributed by atoms with Gasteiger partial charge in [0.2, 0.25) is 0 Å². The molecule has 0 saturated heterocycles. The van der Waals surface area contributed by atoms with Crippen molar-refractivity contribution in [1.82, 2.24) is 19.5 Å². The lowest BCUT2D eigenvalue weighted by atomic mass is 9.99. The number of rotatable bonds is 5. The van der Waals surface area contributed by atoms with E-state index in [9.17, 15) is 0 Å². The van der Waals surface area contributed by atoms with Crippen molar-refractivity contribution in [1.29, 1.82) is 0 Å². The van der Waals surface area contributed by atoms with Crippen LogP contribution in [0, 0.1) is 0 Å². The summed E-state index contributed by atoms with van der Waals surface area (Å²) in [5.41, 5.74) is 9.24. The number of fused-ring (bicyclic) bond motifs is 9. The number of furan rings is 2. The molecule has 4 heterocycles. The van der Waals surface area contributed by atoms with E-state index in [-0.39, 0.29) is 23.0 Å². The highest BCUT2D eigenvalue weighted by molar-refractivity contribution is 6.17. The van der Waals surface area contributed by atoms with Crippen molar-refractivity contribution in [3.05, 3.63) is 182 Å². The molecule has 57 heavy (non-hydrogen) atoms. The van der Waals surface area contributed by atoms with Crippen LogP contribution in [0.2, 0.25) is 0 Å². The molecular weight excluding hydrogens is 701 g/mol. The maximum absolute atomic E-state index is 8.85. The number of hydrogen-bond donors (Lipinski definition) is 0. The molecule has 0 radical (unpaired) electrons. The minimum Gasteiger partial charge on any atom is -0.456 e. The van der Waals surface area contributed by atoms with Crippen molar-refractivity contribution in [3.8, 4) is 51.0 Å². The van der Waals surface area contributed by atoms with Crippen LogP contribution in [0.15, 0.2) is 191 Å². The molecule has 0 amide bonds. The van der Waals surface area contributed by atoms with Crippen LogP contribution >= 0.6 is 0 Å². The van der Waals surface area contributed by atoms with Crippen molar-refractivity contribution < 1.29 is 15.7 Å². The first-order chi connectivity index (χ1) is 30.3. The number of hydrogen-bond acceptors (Lipinski definition) is 5. The van der Waals surface area contributed by atoms with Crippen molar-refractivity contribution in [2.75, 3.05) is 0 Å². The molecule has 0 saturated carbocycles. The fraction of sp³-hybridized carbons (Fsp3) is 0. The minimum absolute atomic E-state index is 0.0486. The Morgan fingerprint density at radius 3 is 1.98 bits per heavy atom. The number of para-hydroxylation sites is 2. The SMILES string of the molecule is [2H]c1c([2H])c([2H])c(-c2nc(-c3ccc4oc5ccccc5c4c3)nc(-c3cccc4oc5cc(-n6c7ccccc7c7c(-c8ccccc8)cccc76)ccc5c34)n2)c([2H])c1[2H]. The van der Waals surface area contributed by atoms with E-state index < -0.39 is 30.2 Å². The number of nitrogens with zero attached hydrogens (tertiary/aromatic N) is 4. The Hall–Kier alpha value is -7.83. The molecule has 4 aromatic heterocycles. The van der Waals surface area contributed by atoms with Gasteiger partial charge in [0.05, 0.1) is 17.9 Å². The van der Waals surface area contributed by atoms with Gasteiger partial charge >= 0.3 is 0 Å². The molecule has 0 atom stereocenters. The van der Waals surface area contributed by atoms with Crippen LogP contribution in [-0.2, 0) is 0 Å². The normalized spacial score (nSPS) is 13.1. The Bertz CT molecular complexity index is 3810. The third-order valence-electron chi connectivity index (χ3n) is 10.8. The summed E-state index contributed by atoms with van der Waals surface area (Å²) < 4.78 is 57.9. The van der Waals surface area contributed by atoms with E-state index in [1.807, 2.05) is 66.7 Å². The number of aromatic nitrogens is 4. The van der Waals surface area contributed by atoms with Crippen LogP contribution in [0.3, 0.4) is 0 Å². The van der Waals surface area contributed by atoms with Gasteiger partial charge in [-0.2, -0.15) is 0 Å². The molecule has 0 aliphatic carbocycles. The molecule has 12 aromatic rings. The summed E-state index contributed by atoms with van der Waals surface area (Å²) in [5.74, 6) is 0.465. The molecule has 0 aliphatic heterocycles. The smallest absolute Gasteiger partial charge is 0.164 e. The molecular formula is C51H30N4O2. The summed E-state index contributed by atoms with van der Waals surface area (Å²) in [6, 6.07) is 48.3. The van der Waals surface area contributed by atoms with Crippen molar-refractivity contribution in [2.45, 2.75) is 0 Å². The van der Waals surface area contributed by atoms with Gasteiger partial charge in [0, 0.05) is 60.8 Å². The second kappa shape index (κ2) is 12.3. The molecule has 6 nitrogen and oxygen atoms in total. The Kier molecular flexibility index (Phi) is 5.82. The zero-order valence-electron chi connectivity index (χ0n) is 35.0. The van der Waals surface area contributed by atoms with E-state index in [1.54, 1.807) is 0 Å². The van der Waals surface area contributed by atoms with Crippen LogP contribution < -0.4 is 0 Å². The average molecular weight is 736 g/mol. The van der Waals surface area contributed by atoms with Gasteiger partial charge in [0.15, 0.2) is 17.5 Å². The van der Waals surface area contributed by atoms with E-state index >= 15 is 0 Å². The molecule has 0 unspecified atom stereocenters. The molecule has 0 fully saturated rings. The Labute approximate surface area is 332 Å². The first kappa shape index (κ1) is 26.9. The van der Waals surface area contributed by atoms with Gasteiger partial charge in [-0.15, -0.1) is 0 Å². The predicted octanol–water partition coefficient (Wildman–Crippen LogP) is 13.4. The highest BCUT2D eigenvalue weighted by Gasteiger charge is 2.21. The van der Waals surface area contributed by atoms with E-state index in [2.05, 4.69) is 89.5 Å². The second-order valence-electron chi connectivity index (χ2n) is 14.0. The fourth-order valence-electron chi connectivity index (χ4n) is 8.26. The summed E-state index contributed by atoms with van der Waals surface area (Å²) >= 11 is 0. The molecule has 12 rings (SSSR count). The second-order valence-corrected chi connectivity index (χ2v) is 14.0. The van der Waals surface area contributed by atoms with Gasteiger partial charge in [0.1, 0.15) is 22.3 Å². The molecule has 266 valence electrons. The van der Waals surface area contributed by atoms with Gasteiger partial charge < -0.3 is 13.4 Å². The zero-order chi connectivity index (χ0) is 41.8. The monoisotopic (exact) mass is 735 g/mol. The topological polar surface area (TPSA) is 69.9 Å². The van der Waals surface area contributed by atoms with Crippen LogP contribution in [-0.4, -0.2) is 19.5 Å². The van der Waals surface area contributed by atoms with Crippen LogP contribution in [0.1, 0.15) is 6.85 Å². The first-order valence-corrected chi connectivity index (χ1v) is 18.6. The Balaban J connectivity index is 1.07. The van der Waals surface area contributed by atoms with Gasteiger partial charge in [-0.25, -0.2) is 15.0 Å². The summed E-state index contributed by atoms with van der Waals surface area (Å²) in [5, 5.41) is 5.71. The predicted molar refractivity (Wildman–Crippen MR) is 230 cm³/mol. The zero-order valence-corrected chi connectivity index (χ0v) is 30.0. The number of benzene rings is 8. The van der Waals surface area contributed by atoms with E-state index in [0.29, 0.717) is 27.9 Å². The standard InChI is InChI=1S/C51H30N4O2/c1-3-13-31(14-4-1)35-19-11-22-42-47(35)37-18-7-9-21-41(37)55(42)34-26-27-38-46(30-34)57-45-24-12-20-39(48(38)45)51-53-49(32-15-5-2-6-16-32)52-50(54-51)33-25-28-44-40(29-33)36-17-8-10-23-43(36)56-44/h1-30H/i2D,5D,6D,15D,16D. The maximum atomic E-state index is 8.85. The lowest BCUT2D eigenvalue weighted by molar-refractivity contribution is 0.668. The fourth-order valence-corrected chi connectivity index (χ4v) is 8.26. The van der Waals surface area contributed by atoms with Crippen molar-refractivity contribution in [2.24, 2.45) is 0 Å². The highest BCUT2D eigenvalue weighted by Crippen LogP contribution is 2.41. The van der Waals surface area contributed by atoms with Crippen molar-refractivity contribution >= 4 is 65.7 Å². The van der Waals surface area contributed by atoms with Crippen LogP contribution in [0.4, 0.5) is 0 Å². The summed E-state index contributed by atoms with van der Waals surface area (Å²) in [6.45, 7) is 0. The summed E-state index contributed by atoms with van der Waals surface area (Å²) in [4.78, 5) is 14.7. The molecule has 0 aliphatic rings. The summed E-state index contributed by atoms with van der Waals surface area (Å²) in [6.07, 6.45) is 0. The van der Waals surface area contributed by atoms with Gasteiger partial charge in [-0.05, 0) is 65.7 Å². The highest BCUT2D eigenvalue weighted by atomic mass is 16.3. The molecule has 8 aromatic carbocycles. The lowest BCUT2D eigenvalue weighted by Gasteiger charge is -2.10. The van der Waals surface area contributed by atoms with Crippen LogP contribution in [0.25, 0.3) is 117 Å². The largest absolute Gasteiger partial charge is 0.456 e. The molecule has 0 spiro atoms. The third kappa shape index (κ3) is 4.94. The van der Waals surface area contributed by atoms with E-state index in [1.165, 1.54) is 5.39 Å². The van der Waals surface area contributed by atoms with E-state index in [4.69, 9.17) is 30.6 Å². The summed E-state index contributed by atoms with van der Waals surface area (Å²) in [7, 11) is 0. The quantitative estimate of drug-likeness (QED) is 0.176. The van der Waals surface area contributed by atoms with Gasteiger partial charge in [-0.1, -0.05) is 121 Å². The van der Waals surface area contributed by atoms with Gasteiger partial charge in [-0.3, -0.25) is 0 Å². The lowest BCUT2D eigenvalue weighted by Crippen LogP contribution is -2.00. The first-order valence-electron chi connectivity index (χ1n) is 21.1. The third-order valence-corrected chi connectivity index (χ3v) is 10.8. The minimum atomic E-state index is -0.498. The van der Waals surface area contributed by atoms with Crippen molar-refractivity contribution in [3.63, 3.8) is 0 Å². The average Bonchev–Trinajstić information content (AvgIpc) is 3.99. The van der Waals surface area contributed by atoms with Gasteiger partial charge in [0.25, 0.3) is 0 Å². The molecule has 0 N–H and O–H groups in total. The maximum Gasteiger partial charge on any atom is 0.164 e. The van der Waals surface area contributed by atoms with Crippen LogP contribution in [0.5, 0.6) is 0 Å². The Morgan fingerprint density at radius 1 is 0.404 bits per heavy atom. The Morgan fingerprint density at radius 2 is 1.09 bits per heavy atom. The molecule has 6 heteroatoms. The molecule has 0 bridgehead atoms.